The number of hydrogen-bond acceptors (Lipinski definition) is 6. The maximum absolute atomic E-state index is 13.5. The highest BCUT2D eigenvalue weighted by atomic mass is 19.4. The van der Waals surface area contributed by atoms with Crippen LogP contribution >= 0.6 is 0 Å². The van der Waals surface area contributed by atoms with Crippen molar-refractivity contribution in [2.75, 3.05) is 17.7 Å². The fraction of sp³-hybridized carbons (Fsp3) is 0.304. The van der Waals surface area contributed by atoms with E-state index in [4.69, 9.17) is 9.47 Å². The van der Waals surface area contributed by atoms with Crippen molar-refractivity contribution < 1.29 is 22.6 Å². The molecule has 0 unspecified atom stereocenters. The van der Waals surface area contributed by atoms with Crippen molar-refractivity contribution >= 4 is 23.1 Å². The Kier molecular flexibility index (Phi) is 6.34. The summed E-state index contributed by atoms with van der Waals surface area (Å²) in [6, 6.07) is 13.7. The van der Waals surface area contributed by atoms with Crippen LogP contribution < -0.4 is 20.1 Å². The maximum atomic E-state index is 13.5. The average molecular weight is 444 g/mol. The van der Waals surface area contributed by atoms with Crippen LogP contribution in [0.2, 0.25) is 0 Å². The number of nitrogens with zero attached hydrogens (tertiary/aromatic N) is 2. The molecule has 0 aliphatic heterocycles. The molecule has 2 N–H and O–H groups in total. The number of methoxy groups -OCH3 is 1. The zero-order valence-electron chi connectivity index (χ0n) is 17.4. The van der Waals surface area contributed by atoms with Crippen LogP contribution in [0.4, 0.5) is 36.3 Å². The van der Waals surface area contributed by atoms with E-state index >= 15 is 0 Å². The Hall–Kier alpha value is -3.49. The number of ether oxygens (including phenoxy) is 2. The highest BCUT2D eigenvalue weighted by molar-refractivity contribution is 5.63. The fourth-order valence-electron chi connectivity index (χ4n) is 3.50. The molecule has 168 valence electrons. The molecule has 2 aromatic carbocycles. The maximum Gasteiger partial charge on any atom is 0.421 e. The van der Waals surface area contributed by atoms with Gasteiger partial charge < -0.3 is 20.1 Å². The minimum absolute atomic E-state index is 0.0341. The number of anilines is 4. The van der Waals surface area contributed by atoms with E-state index in [9.17, 15) is 13.2 Å². The minimum Gasteiger partial charge on any atom is -0.497 e. The summed E-state index contributed by atoms with van der Waals surface area (Å²) in [5.74, 6) is 1.05. The smallest absolute Gasteiger partial charge is 0.421 e. The van der Waals surface area contributed by atoms with Gasteiger partial charge in [0.25, 0.3) is 0 Å². The van der Waals surface area contributed by atoms with Crippen LogP contribution in [-0.2, 0) is 6.18 Å². The van der Waals surface area contributed by atoms with Crippen LogP contribution in [0.5, 0.6) is 11.5 Å². The van der Waals surface area contributed by atoms with Gasteiger partial charge in [-0.25, -0.2) is 4.98 Å². The van der Waals surface area contributed by atoms with Gasteiger partial charge in [0.15, 0.2) is 0 Å². The Balaban J connectivity index is 1.53. The molecule has 32 heavy (non-hydrogen) atoms. The normalized spacial score (nSPS) is 14.2. The molecule has 9 heteroatoms. The Morgan fingerprint density at radius 3 is 2.06 bits per heavy atom. The summed E-state index contributed by atoms with van der Waals surface area (Å²) < 4.78 is 51.5. The van der Waals surface area contributed by atoms with Crippen molar-refractivity contribution in [1.29, 1.82) is 0 Å². The predicted molar refractivity (Wildman–Crippen MR) is 116 cm³/mol. The van der Waals surface area contributed by atoms with Gasteiger partial charge in [-0.05, 0) is 74.2 Å². The first-order valence-electron chi connectivity index (χ1n) is 10.3. The van der Waals surface area contributed by atoms with Crippen molar-refractivity contribution in [3.63, 3.8) is 0 Å². The Morgan fingerprint density at radius 1 is 0.875 bits per heavy atom. The first kappa shape index (κ1) is 21.7. The number of aromatic nitrogens is 2. The molecule has 0 bridgehead atoms. The quantitative estimate of drug-likeness (QED) is 0.445. The van der Waals surface area contributed by atoms with Gasteiger partial charge in [0, 0.05) is 17.6 Å². The van der Waals surface area contributed by atoms with Gasteiger partial charge >= 0.3 is 6.18 Å². The van der Waals surface area contributed by atoms with E-state index in [-0.39, 0.29) is 17.9 Å². The summed E-state index contributed by atoms with van der Waals surface area (Å²) in [7, 11) is 1.55. The van der Waals surface area contributed by atoms with Crippen LogP contribution in [0.25, 0.3) is 0 Å². The Bertz CT molecular complexity index is 1030. The number of rotatable bonds is 7. The van der Waals surface area contributed by atoms with E-state index in [1.54, 1.807) is 55.6 Å². The zero-order valence-corrected chi connectivity index (χ0v) is 17.4. The van der Waals surface area contributed by atoms with E-state index in [2.05, 4.69) is 20.6 Å². The first-order valence-corrected chi connectivity index (χ1v) is 10.3. The molecule has 3 aromatic rings. The largest absolute Gasteiger partial charge is 0.497 e. The summed E-state index contributed by atoms with van der Waals surface area (Å²) in [4.78, 5) is 7.89. The lowest BCUT2D eigenvalue weighted by Gasteiger charge is -2.16. The third-order valence-corrected chi connectivity index (χ3v) is 5.16. The van der Waals surface area contributed by atoms with Gasteiger partial charge in [-0.2, -0.15) is 18.2 Å². The van der Waals surface area contributed by atoms with E-state index in [1.807, 2.05) is 0 Å². The third kappa shape index (κ3) is 5.40. The van der Waals surface area contributed by atoms with Gasteiger partial charge in [-0.3, -0.25) is 0 Å². The summed E-state index contributed by atoms with van der Waals surface area (Å²) in [6.45, 7) is 0. The summed E-state index contributed by atoms with van der Waals surface area (Å²) in [6.07, 6.45) is 0.736. The van der Waals surface area contributed by atoms with Crippen molar-refractivity contribution in [3.8, 4) is 11.5 Å². The van der Waals surface area contributed by atoms with Crippen LogP contribution in [-0.4, -0.2) is 23.2 Å². The fourth-order valence-corrected chi connectivity index (χ4v) is 3.50. The summed E-state index contributed by atoms with van der Waals surface area (Å²) in [5, 5.41) is 5.66. The molecule has 1 aliphatic rings. The molecule has 1 fully saturated rings. The second-order valence-corrected chi connectivity index (χ2v) is 7.48. The van der Waals surface area contributed by atoms with Crippen molar-refractivity contribution in [3.05, 3.63) is 60.3 Å². The SMILES string of the molecule is COc1ccc(Nc2ncc(C(F)(F)F)c(Nc3ccc(OC4CCCC4)cc3)n2)cc1. The minimum atomic E-state index is -4.60. The van der Waals surface area contributed by atoms with Gasteiger partial charge in [0.2, 0.25) is 5.95 Å². The standard InChI is InChI=1S/C23H23F3N4O2/c1-31-17-10-6-16(7-11-17)29-22-27-14-20(23(24,25)26)21(30-22)28-15-8-12-19(13-9-15)32-18-4-2-3-5-18/h6-14,18H,2-5H2,1H3,(H2,27,28,29,30). The van der Waals surface area contributed by atoms with Crippen LogP contribution in [0.1, 0.15) is 31.2 Å². The molecule has 0 spiro atoms. The molecule has 1 aliphatic carbocycles. The Morgan fingerprint density at radius 2 is 1.47 bits per heavy atom. The molecule has 4 rings (SSSR count). The number of halogens is 3. The zero-order chi connectivity index (χ0) is 22.6. The highest BCUT2D eigenvalue weighted by Gasteiger charge is 2.35. The third-order valence-electron chi connectivity index (χ3n) is 5.16. The highest BCUT2D eigenvalue weighted by Crippen LogP contribution is 2.36. The molecule has 0 atom stereocenters. The van der Waals surface area contributed by atoms with E-state index in [1.165, 1.54) is 0 Å². The molecule has 0 saturated heterocycles. The average Bonchev–Trinajstić information content (AvgIpc) is 3.28. The van der Waals surface area contributed by atoms with Gasteiger partial charge in [-0.1, -0.05) is 0 Å². The first-order chi connectivity index (χ1) is 15.4. The van der Waals surface area contributed by atoms with E-state index in [0.717, 1.165) is 31.9 Å². The summed E-state index contributed by atoms with van der Waals surface area (Å²) in [5.41, 5.74) is 0.123. The lowest BCUT2D eigenvalue weighted by Crippen LogP contribution is -2.13. The number of alkyl halides is 3. The molecule has 1 saturated carbocycles. The van der Waals surface area contributed by atoms with Crippen LogP contribution in [0.3, 0.4) is 0 Å². The van der Waals surface area contributed by atoms with Gasteiger partial charge in [0.05, 0.1) is 13.2 Å². The lowest BCUT2D eigenvalue weighted by atomic mass is 10.2. The van der Waals surface area contributed by atoms with Crippen LogP contribution in [0, 0.1) is 0 Å². The monoisotopic (exact) mass is 444 g/mol. The molecule has 0 radical (unpaired) electrons. The van der Waals surface area contributed by atoms with Crippen LogP contribution in [0.15, 0.2) is 54.7 Å². The second kappa shape index (κ2) is 9.33. The van der Waals surface area contributed by atoms with Crippen molar-refractivity contribution in [2.24, 2.45) is 0 Å². The van der Waals surface area contributed by atoms with Gasteiger partial charge in [0.1, 0.15) is 22.9 Å². The molecular formula is C23H23F3N4O2. The Labute approximate surface area is 183 Å². The van der Waals surface area contributed by atoms with E-state index in [0.29, 0.717) is 22.9 Å². The van der Waals surface area contributed by atoms with Crippen molar-refractivity contribution in [2.45, 2.75) is 38.0 Å². The molecule has 1 heterocycles. The lowest BCUT2D eigenvalue weighted by molar-refractivity contribution is -0.137. The van der Waals surface area contributed by atoms with Crippen molar-refractivity contribution in [1.82, 2.24) is 9.97 Å². The number of nitrogens with one attached hydrogen (secondary N) is 2. The number of benzene rings is 2. The van der Waals surface area contributed by atoms with E-state index < -0.39 is 11.7 Å². The second-order valence-electron chi connectivity index (χ2n) is 7.48. The molecule has 6 nitrogen and oxygen atoms in total. The topological polar surface area (TPSA) is 68.3 Å². The molecular weight excluding hydrogens is 421 g/mol. The molecule has 1 aromatic heterocycles. The van der Waals surface area contributed by atoms with Gasteiger partial charge in [-0.15, -0.1) is 0 Å². The predicted octanol–water partition coefficient (Wildman–Crippen LogP) is 6.31. The number of hydrogen-bond donors (Lipinski definition) is 2. The molecule has 0 amide bonds. The summed E-state index contributed by atoms with van der Waals surface area (Å²) >= 11 is 0.